The van der Waals surface area contributed by atoms with Crippen molar-refractivity contribution in [2.24, 2.45) is 7.05 Å². The Hall–Kier alpha value is -1.00. The molecule has 3 nitrogen and oxygen atoms in total. The van der Waals surface area contributed by atoms with E-state index in [2.05, 4.69) is 22.9 Å². The molecule has 2 rings (SSSR count). The molecule has 3 atom stereocenters. The van der Waals surface area contributed by atoms with E-state index in [9.17, 15) is 9.90 Å². The zero-order chi connectivity index (χ0) is 21.9. The number of para-hydroxylation sites is 1. The van der Waals surface area contributed by atoms with E-state index < -0.39 is 11.9 Å². The third kappa shape index (κ3) is 7.60. The number of hydrogen-bond donors (Lipinski definition) is 1. The van der Waals surface area contributed by atoms with Gasteiger partial charge in [0.25, 0.3) is 0 Å². The Morgan fingerprint density at radius 2 is 1.67 bits per heavy atom. The summed E-state index contributed by atoms with van der Waals surface area (Å²) in [5.41, 5.74) is 1.91. The van der Waals surface area contributed by atoms with E-state index >= 15 is 0 Å². The lowest BCUT2D eigenvalue weighted by Gasteiger charge is -2.20. The van der Waals surface area contributed by atoms with Gasteiger partial charge >= 0.3 is 5.97 Å². The van der Waals surface area contributed by atoms with Crippen molar-refractivity contribution in [1.29, 1.82) is 0 Å². The van der Waals surface area contributed by atoms with Crippen LogP contribution in [-0.2, 0) is 11.8 Å². The van der Waals surface area contributed by atoms with Crippen LogP contribution in [0.15, 0.2) is 30.5 Å². The van der Waals surface area contributed by atoms with Gasteiger partial charge < -0.3 is 9.67 Å². The van der Waals surface area contributed by atoms with Crippen molar-refractivity contribution >= 4 is 44.4 Å². The molecule has 1 aromatic heterocycles. The molecule has 30 heavy (non-hydrogen) atoms. The van der Waals surface area contributed by atoms with Gasteiger partial charge in [0.15, 0.2) is 0 Å². The summed E-state index contributed by atoms with van der Waals surface area (Å²) in [6.45, 7) is 2.25. The van der Waals surface area contributed by atoms with Crippen molar-refractivity contribution in [2.75, 3.05) is 0 Å². The standard InChI is InChI=1S/C25H37BrClNO2/c1-3-4-5-6-7-8-9-10-11-15-22(26)23(27)17-20(25(29)30)21-18-28(2)24-16-13-12-14-19(21)24/h12-14,16,18,20,22-23H,3-11,15,17H2,1-2H3,(H,29,30). The van der Waals surface area contributed by atoms with Crippen molar-refractivity contribution < 1.29 is 9.90 Å². The number of benzene rings is 1. The Bertz CT molecular complexity index is 776. The van der Waals surface area contributed by atoms with Crippen LogP contribution in [0.25, 0.3) is 10.9 Å². The predicted molar refractivity (Wildman–Crippen MR) is 132 cm³/mol. The second-order valence-corrected chi connectivity index (χ2v) is 10.2. The fourth-order valence-electron chi connectivity index (χ4n) is 4.22. The molecule has 0 saturated carbocycles. The summed E-state index contributed by atoms with van der Waals surface area (Å²) in [6, 6.07) is 7.96. The summed E-state index contributed by atoms with van der Waals surface area (Å²) in [4.78, 5) is 12.2. The van der Waals surface area contributed by atoms with Gasteiger partial charge in [-0.3, -0.25) is 4.79 Å². The number of aryl methyl sites for hydroxylation is 1. The van der Waals surface area contributed by atoms with Gasteiger partial charge in [0, 0.05) is 34.4 Å². The molecule has 168 valence electrons. The quantitative estimate of drug-likeness (QED) is 0.199. The van der Waals surface area contributed by atoms with Gasteiger partial charge in [-0.2, -0.15) is 0 Å². The largest absolute Gasteiger partial charge is 0.481 e. The number of rotatable bonds is 15. The minimum absolute atomic E-state index is 0.139. The van der Waals surface area contributed by atoms with Gasteiger partial charge in [-0.25, -0.2) is 0 Å². The van der Waals surface area contributed by atoms with E-state index in [1.165, 1.54) is 51.4 Å². The normalized spacial score (nSPS) is 14.7. The summed E-state index contributed by atoms with van der Waals surface area (Å²) in [5, 5.41) is 10.7. The SMILES string of the molecule is CCCCCCCCCCCC(Br)C(Cl)CC(C(=O)O)c1cn(C)c2ccccc12. The van der Waals surface area contributed by atoms with Crippen LogP contribution >= 0.6 is 27.5 Å². The molecule has 1 N–H and O–H groups in total. The average Bonchev–Trinajstić information content (AvgIpc) is 3.06. The Morgan fingerprint density at radius 3 is 2.30 bits per heavy atom. The number of aliphatic carboxylic acids is 1. The van der Waals surface area contributed by atoms with Crippen LogP contribution in [0, 0.1) is 0 Å². The number of nitrogens with zero attached hydrogens (tertiary/aromatic N) is 1. The molecule has 0 aliphatic heterocycles. The summed E-state index contributed by atoms with van der Waals surface area (Å²) in [6.07, 6.45) is 15.1. The van der Waals surface area contributed by atoms with Gasteiger partial charge in [-0.1, -0.05) is 98.8 Å². The van der Waals surface area contributed by atoms with Crippen LogP contribution in [0.4, 0.5) is 0 Å². The van der Waals surface area contributed by atoms with E-state index in [1.54, 1.807) is 0 Å². The third-order valence-electron chi connectivity index (χ3n) is 6.04. The summed E-state index contributed by atoms with van der Waals surface area (Å²) >= 11 is 10.4. The van der Waals surface area contributed by atoms with Gasteiger partial charge in [0.2, 0.25) is 0 Å². The van der Waals surface area contributed by atoms with Crippen molar-refractivity contribution in [1.82, 2.24) is 4.57 Å². The molecule has 2 aromatic rings. The van der Waals surface area contributed by atoms with Crippen LogP contribution in [0.1, 0.15) is 89.0 Å². The summed E-state index contributed by atoms with van der Waals surface area (Å²) in [7, 11) is 1.96. The van der Waals surface area contributed by atoms with E-state index in [0.29, 0.717) is 6.42 Å². The molecule has 0 aliphatic rings. The molecule has 0 saturated heterocycles. The van der Waals surface area contributed by atoms with Crippen molar-refractivity contribution in [3.8, 4) is 0 Å². The first kappa shape index (κ1) is 25.3. The van der Waals surface area contributed by atoms with Crippen LogP contribution in [0.3, 0.4) is 0 Å². The second kappa shape index (κ2) is 13.4. The second-order valence-electron chi connectivity index (χ2n) is 8.49. The summed E-state index contributed by atoms with van der Waals surface area (Å²) < 4.78 is 2.00. The number of carboxylic acids is 1. The lowest BCUT2D eigenvalue weighted by molar-refractivity contribution is -0.138. The van der Waals surface area contributed by atoms with Crippen molar-refractivity contribution in [3.05, 3.63) is 36.0 Å². The first-order chi connectivity index (χ1) is 14.5. The number of aromatic nitrogens is 1. The Kier molecular flexibility index (Phi) is 11.3. The number of carboxylic acid groups (broad SMARTS) is 1. The fraction of sp³-hybridized carbons (Fsp3) is 0.640. The topological polar surface area (TPSA) is 42.2 Å². The molecule has 0 aliphatic carbocycles. The van der Waals surface area contributed by atoms with Crippen LogP contribution in [0.2, 0.25) is 0 Å². The number of fused-ring (bicyclic) bond motifs is 1. The highest BCUT2D eigenvalue weighted by Gasteiger charge is 2.29. The Morgan fingerprint density at radius 1 is 1.07 bits per heavy atom. The Labute approximate surface area is 195 Å². The first-order valence-electron chi connectivity index (χ1n) is 11.5. The zero-order valence-corrected chi connectivity index (χ0v) is 20.8. The van der Waals surface area contributed by atoms with Gasteiger partial charge in [-0.15, -0.1) is 11.6 Å². The van der Waals surface area contributed by atoms with E-state index in [0.717, 1.165) is 29.3 Å². The molecule has 0 spiro atoms. The molecule has 0 radical (unpaired) electrons. The summed E-state index contributed by atoms with van der Waals surface area (Å²) in [5.74, 6) is -1.40. The molecule has 0 bridgehead atoms. The molecule has 5 heteroatoms. The lowest BCUT2D eigenvalue weighted by Crippen LogP contribution is -2.22. The lowest BCUT2D eigenvalue weighted by atomic mass is 9.92. The highest BCUT2D eigenvalue weighted by molar-refractivity contribution is 9.09. The highest BCUT2D eigenvalue weighted by Crippen LogP contribution is 2.34. The third-order valence-corrected chi connectivity index (χ3v) is 7.92. The first-order valence-corrected chi connectivity index (χ1v) is 12.9. The minimum Gasteiger partial charge on any atom is -0.481 e. The number of alkyl halides is 2. The highest BCUT2D eigenvalue weighted by atomic mass is 79.9. The fourth-order valence-corrected chi connectivity index (χ4v) is 5.06. The van der Waals surface area contributed by atoms with Gasteiger partial charge in [-0.05, 0) is 24.5 Å². The monoisotopic (exact) mass is 497 g/mol. The maximum Gasteiger partial charge on any atom is 0.311 e. The van der Waals surface area contributed by atoms with E-state index in [4.69, 9.17) is 11.6 Å². The smallest absolute Gasteiger partial charge is 0.311 e. The van der Waals surface area contributed by atoms with Crippen LogP contribution < -0.4 is 0 Å². The van der Waals surface area contributed by atoms with Gasteiger partial charge in [0.05, 0.1) is 5.92 Å². The molecule has 1 heterocycles. The van der Waals surface area contributed by atoms with E-state index in [-0.39, 0.29) is 10.2 Å². The van der Waals surface area contributed by atoms with Gasteiger partial charge in [0.1, 0.15) is 0 Å². The van der Waals surface area contributed by atoms with Crippen LogP contribution in [0.5, 0.6) is 0 Å². The molecule has 3 unspecified atom stereocenters. The van der Waals surface area contributed by atoms with E-state index in [1.807, 2.05) is 42.1 Å². The van der Waals surface area contributed by atoms with Crippen LogP contribution in [-0.4, -0.2) is 25.8 Å². The number of unbranched alkanes of at least 4 members (excludes halogenated alkanes) is 8. The average molecular weight is 499 g/mol. The molecule has 0 fully saturated rings. The maximum atomic E-state index is 12.1. The number of halogens is 2. The minimum atomic E-state index is -0.806. The molecule has 1 aromatic carbocycles. The van der Waals surface area contributed by atoms with Crippen molar-refractivity contribution in [2.45, 2.75) is 93.7 Å². The van der Waals surface area contributed by atoms with Crippen molar-refractivity contribution in [3.63, 3.8) is 0 Å². The molecular weight excluding hydrogens is 462 g/mol. The Balaban J connectivity index is 1.81. The number of carbonyl (C=O) groups is 1. The maximum absolute atomic E-state index is 12.1. The number of hydrogen-bond acceptors (Lipinski definition) is 1. The molecular formula is C25H37BrClNO2. The molecule has 0 amide bonds. The zero-order valence-electron chi connectivity index (χ0n) is 18.5. The predicted octanol–water partition coefficient (Wildman–Crippen LogP) is 8.03.